The number of hydrogen-bond donors (Lipinski definition) is 1. The Kier molecular flexibility index (Phi) is 3.85. The Balaban J connectivity index is 2.67. The average Bonchev–Trinajstić information content (AvgIpc) is 2.60. The first kappa shape index (κ1) is 12.2. The number of hydrogen-bond acceptors (Lipinski definition) is 4. The quantitative estimate of drug-likeness (QED) is 0.830. The van der Waals surface area contributed by atoms with Gasteiger partial charge in [-0.05, 0) is 11.8 Å². The molecule has 0 spiro atoms. The normalized spacial score (nSPS) is 14.2. The number of rotatable bonds is 4. The molecule has 0 fully saturated rings. The molecule has 1 aromatic heterocycles. The van der Waals surface area contributed by atoms with Gasteiger partial charge in [-0.25, -0.2) is 0 Å². The van der Waals surface area contributed by atoms with E-state index in [1.54, 1.807) is 0 Å². The summed E-state index contributed by atoms with van der Waals surface area (Å²) in [4.78, 5) is 4.31. The summed E-state index contributed by atoms with van der Waals surface area (Å²) in [6.07, 6.45) is 3.09. The van der Waals surface area contributed by atoms with Crippen molar-refractivity contribution in [2.45, 2.75) is 53.0 Å². The Hall–Kier alpha value is -0.900. The summed E-state index contributed by atoms with van der Waals surface area (Å²) in [7, 11) is 0. The van der Waals surface area contributed by atoms with Gasteiger partial charge >= 0.3 is 0 Å². The van der Waals surface area contributed by atoms with Crippen molar-refractivity contribution < 1.29 is 4.52 Å². The Bertz CT molecular complexity index is 301. The smallest absolute Gasteiger partial charge is 0.244 e. The highest BCUT2D eigenvalue weighted by atomic mass is 16.5. The maximum absolute atomic E-state index is 6.02. The van der Waals surface area contributed by atoms with Crippen molar-refractivity contribution in [3.05, 3.63) is 11.7 Å². The van der Waals surface area contributed by atoms with Gasteiger partial charge in [0.25, 0.3) is 0 Å². The maximum Gasteiger partial charge on any atom is 0.244 e. The molecule has 1 aromatic rings. The van der Waals surface area contributed by atoms with Crippen molar-refractivity contribution in [2.75, 3.05) is 0 Å². The highest BCUT2D eigenvalue weighted by Crippen LogP contribution is 2.29. The standard InChI is InChI=1S/C11H21N3O/c1-5-6-7-8-13-10(15-14-8)9(12)11(2,3)4/h9H,5-7,12H2,1-4H3. The van der Waals surface area contributed by atoms with Crippen LogP contribution in [-0.4, -0.2) is 10.1 Å². The Labute approximate surface area is 91.2 Å². The van der Waals surface area contributed by atoms with Crippen LogP contribution in [-0.2, 0) is 6.42 Å². The molecule has 0 saturated carbocycles. The van der Waals surface area contributed by atoms with Gasteiger partial charge in [-0.3, -0.25) is 0 Å². The summed E-state index contributed by atoms with van der Waals surface area (Å²) in [5.74, 6) is 1.32. The molecule has 86 valence electrons. The predicted molar refractivity (Wildman–Crippen MR) is 59.3 cm³/mol. The second kappa shape index (κ2) is 4.75. The van der Waals surface area contributed by atoms with Gasteiger partial charge in [0.2, 0.25) is 5.89 Å². The highest BCUT2D eigenvalue weighted by Gasteiger charge is 2.27. The van der Waals surface area contributed by atoms with Crippen molar-refractivity contribution >= 4 is 0 Å². The van der Waals surface area contributed by atoms with Gasteiger partial charge in [-0.2, -0.15) is 4.98 Å². The van der Waals surface area contributed by atoms with E-state index in [1.165, 1.54) is 0 Å². The first-order valence-electron chi connectivity index (χ1n) is 5.53. The fraction of sp³-hybridized carbons (Fsp3) is 0.818. The summed E-state index contributed by atoms with van der Waals surface area (Å²) in [5.41, 5.74) is 5.97. The van der Waals surface area contributed by atoms with E-state index in [9.17, 15) is 0 Å². The summed E-state index contributed by atoms with van der Waals surface area (Å²) in [5, 5.41) is 3.92. The van der Waals surface area contributed by atoms with Crippen molar-refractivity contribution in [1.29, 1.82) is 0 Å². The molecule has 4 nitrogen and oxygen atoms in total. The van der Waals surface area contributed by atoms with Crippen LogP contribution >= 0.6 is 0 Å². The Morgan fingerprint density at radius 1 is 1.40 bits per heavy atom. The van der Waals surface area contributed by atoms with E-state index in [-0.39, 0.29) is 11.5 Å². The van der Waals surface area contributed by atoms with Crippen LogP contribution in [0.4, 0.5) is 0 Å². The Morgan fingerprint density at radius 3 is 2.60 bits per heavy atom. The second-order valence-electron chi connectivity index (χ2n) is 5.00. The van der Waals surface area contributed by atoms with Crippen LogP contribution in [0.25, 0.3) is 0 Å². The van der Waals surface area contributed by atoms with Gasteiger partial charge in [0.05, 0.1) is 6.04 Å². The molecule has 0 bridgehead atoms. The third-order valence-corrected chi connectivity index (χ3v) is 2.44. The van der Waals surface area contributed by atoms with Gasteiger partial charge in [-0.1, -0.05) is 39.3 Å². The molecule has 1 heterocycles. The lowest BCUT2D eigenvalue weighted by Gasteiger charge is -2.23. The molecule has 0 aliphatic carbocycles. The summed E-state index contributed by atoms with van der Waals surface area (Å²) in [6, 6.07) is -0.194. The van der Waals surface area contributed by atoms with Crippen molar-refractivity contribution in [1.82, 2.24) is 10.1 Å². The lowest BCUT2D eigenvalue weighted by molar-refractivity contribution is 0.252. The summed E-state index contributed by atoms with van der Waals surface area (Å²) < 4.78 is 5.16. The largest absolute Gasteiger partial charge is 0.338 e. The lowest BCUT2D eigenvalue weighted by Crippen LogP contribution is -2.26. The van der Waals surface area contributed by atoms with Crippen molar-refractivity contribution in [3.63, 3.8) is 0 Å². The fourth-order valence-electron chi connectivity index (χ4n) is 1.20. The van der Waals surface area contributed by atoms with Crippen molar-refractivity contribution in [3.8, 4) is 0 Å². The van der Waals surface area contributed by atoms with Gasteiger partial charge in [0.15, 0.2) is 5.82 Å². The molecular formula is C11H21N3O. The molecule has 0 amide bonds. The van der Waals surface area contributed by atoms with Gasteiger partial charge in [0, 0.05) is 6.42 Å². The Morgan fingerprint density at radius 2 is 2.07 bits per heavy atom. The molecule has 2 N–H and O–H groups in total. The number of unbranched alkanes of at least 4 members (excludes halogenated alkanes) is 1. The molecule has 0 aliphatic rings. The first-order chi connectivity index (χ1) is 6.95. The molecule has 0 radical (unpaired) electrons. The topological polar surface area (TPSA) is 64.9 Å². The first-order valence-corrected chi connectivity index (χ1v) is 5.53. The number of nitrogens with zero attached hydrogens (tertiary/aromatic N) is 2. The maximum atomic E-state index is 6.02. The summed E-state index contributed by atoms with van der Waals surface area (Å²) in [6.45, 7) is 8.33. The van der Waals surface area contributed by atoms with Gasteiger partial charge in [-0.15, -0.1) is 0 Å². The van der Waals surface area contributed by atoms with Crippen LogP contribution in [0.5, 0.6) is 0 Å². The van der Waals surface area contributed by atoms with Crippen LogP contribution < -0.4 is 5.73 Å². The number of aromatic nitrogens is 2. The monoisotopic (exact) mass is 211 g/mol. The SMILES string of the molecule is CCCCc1noc(C(N)C(C)(C)C)n1. The molecule has 0 aliphatic heterocycles. The second-order valence-corrected chi connectivity index (χ2v) is 5.00. The lowest BCUT2D eigenvalue weighted by atomic mass is 9.87. The van der Waals surface area contributed by atoms with Gasteiger partial charge in [0.1, 0.15) is 0 Å². The van der Waals surface area contributed by atoms with E-state index in [2.05, 4.69) is 37.8 Å². The van der Waals surface area contributed by atoms with Crippen LogP contribution in [0, 0.1) is 5.41 Å². The van der Waals surface area contributed by atoms with Crippen LogP contribution in [0.3, 0.4) is 0 Å². The predicted octanol–water partition coefficient (Wildman–Crippen LogP) is 2.46. The number of nitrogens with two attached hydrogens (primary N) is 1. The van der Waals surface area contributed by atoms with Gasteiger partial charge < -0.3 is 10.3 Å². The molecule has 0 saturated heterocycles. The zero-order chi connectivity index (χ0) is 11.5. The van der Waals surface area contributed by atoms with E-state index in [0.717, 1.165) is 25.1 Å². The molecule has 0 aromatic carbocycles. The third kappa shape index (κ3) is 3.30. The highest BCUT2D eigenvalue weighted by molar-refractivity contribution is 4.96. The molecule has 1 unspecified atom stereocenters. The van der Waals surface area contributed by atoms with E-state index < -0.39 is 0 Å². The van der Waals surface area contributed by atoms with Crippen LogP contribution in [0.2, 0.25) is 0 Å². The number of aryl methyl sites for hydroxylation is 1. The minimum absolute atomic E-state index is 0.0471. The molecule has 1 rings (SSSR count). The van der Waals surface area contributed by atoms with Crippen molar-refractivity contribution in [2.24, 2.45) is 11.1 Å². The fourth-order valence-corrected chi connectivity index (χ4v) is 1.20. The van der Waals surface area contributed by atoms with E-state index in [0.29, 0.717) is 5.89 Å². The van der Waals surface area contributed by atoms with E-state index in [4.69, 9.17) is 10.3 Å². The third-order valence-electron chi connectivity index (χ3n) is 2.44. The molecule has 1 atom stereocenters. The minimum atomic E-state index is -0.194. The van der Waals surface area contributed by atoms with E-state index in [1.807, 2.05) is 0 Å². The minimum Gasteiger partial charge on any atom is -0.338 e. The molecule has 15 heavy (non-hydrogen) atoms. The average molecular weight is 211 g/mol. The molecular weight excluding hydrogens is 190 g/mol. The van der Waals surface area contributed by atoms with E-state index >= 15 is 0 Å². The zero-order valence-corrected chi connectivity index (χ0v) is 10.1. The molecule has 4 heteroatoms. The summed E-state index contributed by atoms with van der Waals surface area (Å²) >= 11 is 0. The van der Waals surface area contributed by atoms with Crippen LogP contribution in [0.1, 0.15) is 58.3 Å². The zero-order valence-electron chi connectivity index (χ0n) is 10.1. The van der Waals surface area contributed by atoms with Crippen LogP contribution in [0.15, 0.2) is 4.52 Å².